The first-order valence-corrected chi connectivity index (χ1v) is 6.88. The zero-order valence-corrected chi connectivity index (χ0v) is 12.2. The van der Waals surface area contributed by atoms with E-state index in [2.05, 4.69) is 43.2 Å². The molecule has 0 amide bonds. The van der Waals surface area contributed by atoms with Crippen molar-refractivity contribution >= 4 is 22.1 Å². The molecule has 0 saturated carbocycles. The monoisotopic (exact) mass is 257 g/mol. The third kappa shape index (κ3) is 3.16. The molecule has 1 atom stereocenters. The topological polar surface area (TPSA) is 50.9 Å². The van der Waals surface area contributed by atoms with Crippen LogP contribution in [0.5, 0.6) is 0 Å². The van der Waals surface area contributed by atoms with E-state index in [9.17, 15) is 0 Å². The lowest BCUT2D eigenvalue weighted by molar-refractivity contribution is 0.540. The van der Waals surface area contributed by atoms with Crippen molar-refractivity contribution < 1.29 is 0 Å². The number of benzene rings is 1. The Labute approximate surface area is 115 Å². The molecule has 0 radical (unpaired) electrons. The van der Waals surface area contributed by atoms with Crippen LogP contribution in [-0.4, -0.2) is 11.0 Å². The van der Waals surface area contributed by atoms with Crippen LogP contribution >= 0.6 is 0 Å². The second-order valence-corrected chi connectivity index (χ2v) is 5.75. The first kappa shape index (κ1) is 13.7. The van der Waals surface area contributed by atoms with E-state index in [4.69, 9.17) is 5.73 Å². The number of nitrogens with one attached hydrogen (secondary N) is 1. The average Bonchev–Trinajstić information content (AvgIpc) is 2.32. The van der Waals surface area contributed by atoms with Gasteiger partial charge in [0.05, 0.1) is 0 Å². The number of pyridine rings is 1. The highest BCUT2D eigenvalue weighted by Gasteiger charge is 2.09. The minimum Gasteiger partial charge on any atom is -0.398 e. The van der Waals surface area contributed by atoms with E-state index in [0.717, 1.165) is 34.3 Å². The van der Waals surface area contributed by atoms with Crippen LogP contribution in [0.15, 0.2) is 24.4 Å². The predicted molar refractivity (Wildman–Crippen MR) is 83.4 cm³/mol. The normalized spacial score (nSPS) is 12.9. The minimum absolute atomic E-state index is 0.445. The summed E-state index contributed by atoms with van der Waals surface area (Å²) in [5.41, 5.74) is 8.95. The number of rotatable bonds is 4. The van der Waals surface area contributed by atoms with Gasteiger partial charge in [-0.3, -0.25) is 4.98 Å². The van der Waals surface area contributed by atoms with Crippen molar-refractivity contribution in [3.05, 3.63) is 30.1 Å². The number of hydrogen-bond donors (Lipinski definition) is 2. The summed E-state index contributed by atoms with van der Waals surface area (Å²) in [7, 11) is 0. The summed E-state index contributed by atoms with van der Waals surface area (Å²) in [5, 5.41) is 5.76. The standard InChI is InChI=1S/C16H23N3/c1-10(2)7-12(4)19-16-6-5-15(17)14-9-18-11(3)8-13(14)16/h5-6,8-10,12,19H,7,17H2,1-4H3. The van der Waals surface area contributed by atoms with E-state index >= 15 is 0 Å². The number of fused-ring (bicyclic) bond motifs is 1. The highest BCUT2D eigenvalue weighted by atomic mass is 14.9. The van der Waals surface area contributed by atoms with Gasteiger partial charge >= 0.3 is 0 Å². The fraction of sp³-hybridized carbons (Fsp3) is 0.438. The van der Waals surface area contributed by atoms with Crippen LogP contribution in [0.25, 0.3) is 10.8 Å². The molecule has 0 aliphatic carbocycles. The highest BCUT2D eigenvalue weighted by Crippen LogP contribution is 2.29. The van der Waals surface area contributed by atoms with E-state index in [1.807, 2.05) is 19.2 Å². The maximum atomic E-state index is 6.02. The number of aromatic nitrogens is 1. The van der Waals surface area contributed by atoms with E-state index in [1.54, 1.807) is 0 Å². The zero-order chi connectivity index (χ0) is 14.0. The van der Waals surface area contributed by atoms with Gasteiger partial charge in [-0.2, -0.15) is 0 Å². The molecule has 2 aromatic rings. The first-order chi connectivity index (χ1) is 8.97. The Bertz CT molecular complexity index is 575. The number of aryl methyl sites for hydroxylation is 1. The first-order valence-electron chi connectivity index (χ1n) is 6.88. The van der Waals surface area contributed by atoms with Crippen LogP contribution in [0, 0.1) is 12.8 Å². The largest absolute Gasteiger partial charge is 0.398 e. The minimum atomic E-state index is 0.445. The zero-order valence-electron chi connectivity index (χ0n) is 12.2. The molecule has 1 aromatic heterocycles. The molecule has 1 heterocycles. The molecule has 3 nitrogen and oxygen atoms in total. The van der Waals surface area contributed by atoms with Gasteiger partial charge in [0.15, 0.2) is 0 Å². The Morgan fingerprint density at radius 3 is 2.63 bits per heavy atom. The van der Waals surface area contributed by atoms with Crippen LogP contribution in [0.1, 0.15) is 32.9 Å². The van der Waals surface area contributed by atoms with Crippen molar-refractivity contribution in [1.82, 2.24) is 4.98 Å². The SMILES string of the molecule is Cc1cc2c(NC(C)CC(C)C)ccc(N)c2cn1. The molecule has 0 spiro atoms. The number of nitrogens with zero attached hydrogens (tertiary/aromatic N) is 1. The molecule has 0 fully saturated rings. The summed E-state index contributed by atoms with van der Waals surface area (Å²) in [6, 6.07) is 6.55. The maximum absolute atomic E-state index is 6.02. The van der Waals surface area contributed by atoms with Gasteiger partial charge in [-0.15, -0.1) is 0 Å². The molecule has 0 bridgehead atoms. The van der Waals surface area contributed by atoms with Gasteiger partial charge in [0.2, 0.25) is 0 Å². The van der Waals surface area contributed by atoms with Crippen LogP contribution < -0.4 is 11.1 Å². The third-order valence-electron chi connectivity index (χ3n) is 3.30. The van der Waals surface area contributed by atoms with E-state index in [0.29, 0.717) is 12.0 Å². The summed E-state index contributed by atoms with van der Waals surface area (Å²) in [6.07, 6.45) is 3.01. The molecule has 0 aliphatic heterocycles. The predicted octanol–water partition coefficient (Wildman–Crippen LogP) is 3.97. The molecule has 1 aromatic carbocycles. The van der Waals surface area contributed by atoms with Gasteiger partial charge in [0.1, 0.15) is 0 Å². The maximum Gasteiger partial charge on any atom is 0.0424 e. The molecular formula is C16H23N3. The fourth-order valence-electron chi connectivity index (χ4n) is 2.52. The van der Waals surface area contributed by atoms with Crippen molar-refractivity contribution in [2.24, 2.45) is 5.92 Å². The number of nitrogens with two attached hydrogens (primary N) is 1. The van der Waals surface area contributed by atoms with E-state index in [1.165, 1.54) is 0 Å². The molecule has 2 rings (SSSR count). The molecule has 0 saturated heterocycles. The third-order valence-corrected chi connectivity index (χ3v) is 3.30. The average molecular weight is 257 g/mol. The van der Waals surface area contributed by atoms with Crippen LogP contribution in [0.2, 0.25) is 0 Å². The summed E-state index contributed by atoms with van der Waals surface area (Å²) < 4.78 is 0. The number of anilines is 2. The van der Waals surface area contributed by atoms with Crippen LogP contribution in [0.4, 0.5) is 11.4 Å². The lowest BCUT2D eigenvalue weighted by atomic mass is 10.0. The lowest BCUT2D eigenvalue weighted by Gasteiger charge is -2.19. The summed E-state index contributed by atoms with van der Waals surface area (Å²) in [5.74, 6) is 0.686. The molecular weight excluding hydrogens is 234 g/mol. The van der Waals surface area contributed by atoms with Crippen molar-refractivity contribution in [3.8, 4) is 0 Å². The van der Waals surface area contributed by atoms with Crippen molar-refractivity contribution in [3.63, 3.8) is 0 Å². The van der Waals surface area contributed by atoms with Crippen molar-refractivity contribution in [2.75, 3.05) is 11.1 Å². The van der Waals surface area contributed by atoms with Gasteiger partial charge in [0, 0.05) is 40.1 Å². The van der Waals surface area contributed by atoms with Gasteiger partial charge in [-0.05, 0) is 44.4 Å². The fourth-order valence-corrected chi connectivity index (χ4v) is 2.52. The van der Waals surface area contributed by atoms with Crippen LogP contribution in [-0.2, 0) is 0 Å². The molecule has 0 aliphatic rings. The Morgan fingerprint density at radius 2 is 1.95 bits per heavy atom. The Kier molecular flexibility index (Phi) is 3.93. The van der Waals surface area contributed by atoms with Gasteiger partial charge in [-0.25, -0.2) is 0 Å². The molecule has 3 heteroatoms. The van der Waals surface area contributed by atoms with Crippen LogP contribution in [0.3, 0.4) is 0 Å². The second-order valence-electron chi connectivity index (χ2n) is 5.75. The Morgan fingerprint density at radius 1 is 1.21 bits per heavy atom. The number of nitrogen functional groups attached to an aromatic ring is 1. The smallest absolute Gasteiger partial charge is 0.0424 e. The summed E-state index contributed by atoms with van der Waals surface area (Å²) in [4.78, 5) is 4.33. The van der Waals surface area contributed by atoms with Crippen molar-refractivity contribution in [2.45, 2.75) is 40.2 Å². The molecule has 102 valence electrons. The molecule has 3 N–H and O–H groups in total. The molecule has 19 heavy (non-hydrogen) atoms. The van der Waals surface area contributed by atoms with Crippen molar-refractivity contribution in [1.29, 1.82) is 0 Å². The quantitative estimate of drug-likeness (QED) is 0.815. The summed E-state index contributed by atoms with van der Waals surface area (Å²) >= 11 is 0. The Hall–Kier alpha value is -1.77. The van der Waals surface area contributed by atoms with E-state index < -0.39 is 0 Å². The van der Waals surface area contributed by atoms with E-state index in [-0.39, 0.29) is 0 Å². The Balaban J connectivity index is 2.38. The lowest BCUT2D eigenvalue weighted by Crippen LogP contribution is -2.17. The van der Waals surface area contributed by atoms with Gasteiger partial charge < -0.3 is 11.1 Å². The van der Waals surface area contributed by atoms with Gasteiger partial charge in [-0.1, -0.05) is 13.8 Å². The summed E-state index contributed by atoms with van der Waals surface area (Å²) in [6.45, 7) is 8.71. The molecule has 1 unspecified atom stereocenters. The highest BCUT2D eigenvalue weighted by molar-refractivity contribution is 6.00. The van der Waals surface area contributed by atoms with Gasteiger partial charge in [0.25, 0.3) is 0 Å². The second kappa shape index (κ2) is 5.47. The number of hydrogen-bond acceptors (Lipinski definition) is 3.